The highest BCUT2D eigenvalue weighted by Crippen LogP contribution is 2.25. The van der Waals surface area contributed by atoms with E-state index in [0.717, 1.165) is 15.4 Å². The number of hydrogen-bond acceptors (Lipinski definition) is 1. The molecule has 0 aliphatic heterocycles. The van der Waals surface area contributed by atoms with E-state index in [1.807, 2.05) is 45.0 Å². The second kappa shape index (κ2) is 3.74. The number of halogens is 1. The minimum absolute atomic E-state index is 0.139. The predicted octanol–water partition coefficient (Wildman–Crippen LogP) is 4.16. The van der Waals surface area contributed by atoms with Crippen LogP contribution in [0.5, 0.6) is 0 Å². The molecule has 2 rings (SSSR count). The first-order valence-corrected chi connectivity index (χ1v) is 6.00. The first-order valence-electron chi connectivity index (χ1n) is 5.21. The second-order valence-electron chi connectivity index (χ2n) is 4.99. The number of fused-ring (bicyclic) bond motifs is 1. The Kier molecular flexibility index (Phi) is 2.66. The molecule has 0 fully saturated rings. The van der Waals surface area contributed by atoms with Gasteiger partial charge in [0.1, 0.15) is 0 Å². The quantitative estimate of drug-likeness (QED) is 0.782. The number of carbonyl (C=O) groups is 1. The largest absolute Gasteiger partial charge is 0.352 e. The van der Waals surface area contributed by atoms with Crippen molar-refractivity contribution in [2.75, 3.05) is 0 Å². The number of aromatic amines is 1. The Hall–Kier alpha value is -1.09. The summed E-state index contributed by atoms with van der Waals surface area (Å²) in [4.78, 5) is 15.2. The van der Waals surface area contributed by atoms with Gasteiger partial charge in [-0.2, -0.15) is 0 Å². The van der Waals surface area contributed by atoms with Gasteiger partial charge in [-0.1, -0.05) is 36.7 Å². The standard InChI is InChI=1S/C13H14BrNO/c1-13(2,3)12(16)11-7-8-6-9(14)4-5-10(8)15-11/h4-7,15H,1-3H3. The van der Waals surface area contributed by atoms with E-state index < -0.39 is 0 Å². The van der Waals surface area contributed by atoms with Crippen molar-refractivity contribution in [2.24, 2.45) is 5.41 Å². The molecule has 0 aliphatic rings. The molecule has 16 heavy (non-hydrogen) atoms. The topological polar surface area (TPSA) is 32.9 Å². The van der Waals surface area contributed by atoms with E-state index in [4.69, 9.17) is 0 Å². The maximum Gasteiger partial charge on any atom is 0.184 e. The Morgan fingerprint density at radius 3 is 2.56 bits per heavy atom. The molecule has 0 saturated carbocycles. The van der Waals surface area contributed by atoms with Crippen LogP contribution in [0, 0.1) is 5.41 Å². The summed E-state index contributed by atoms with van der Waals surface area (Å²) in [6, 6.07) is 7.85. The molecule has 84 valence electrons. The highest BCUT2D eigenvalue weighted by molar-refractivity contribution is 9.10. The molecule has 3 heteroatoms. The van der Waals surface area contributed by atoms with Crippen LogP contribution in [0.4, 0.5) is 0 Å². The molecule has 1 aromatic heterocycles. The Labute approximate surface area is 103 Å². The van der Waals surface area contributed by atoms with Crippen LogP contribution < -0.4 is 0 Å². The van der Waals surface area contributed by atoms with Crippen molar-refractivity contribution in [3.63, 3.8) is 0 Å². The predicted molar refractivity (Wildman–Crippen MR) is 69.8 cm³/mol. The zero-order valence-electron chi connectivity index (χ0n) is 9.60. The highest BCUT2D eigenvalue weighted by atomic mass is 79.9. The van der Waals surface area contributed by atoms with Crippen LogP contribution in [0.2, 0.25) is 0 Å². The first kappa shape index (κ1) is 11.4. The van der Waals surface area contributed by atoms with Crippen molar-refractivity contribution in [1.82, 2.24) is 4.98 Å². The zero-order valence-corrected chi connectivity index (χ0v) is 11.2. The molecule has 0 atom stereocenters. The lowest BCUT2D eigenvalue weighted by atomic mass is 9.89. The third-order valence-corrected chi connectivity index (χ3v) is 3.00. The summed E-state index contributed by atoms with van der Waals surface area (Å²) in [5, 5.41) is 1.06. The van der Waals surface area contributed by atoms with Gasteiger partial charge in [0.25, 0.3) is 0 Å². The van der Waals surface area contributed by atoms with Gasteiger partial charge in [0.05, 0.1) is 5.69 Å². The number of nitrogens with one attached hydrogen (secondary N) is 1. The van der Waals surface area contributed by atoms with Crippen molar-refractivity contribution < 1.29 is 4.79 Å². The van der Waals surface area contributed by atoms with Crippen molar-refractivity contribution >= 4 is 32.6 Å². The Bertz CT molecular complexity index is 549. The summed E-state index contributed by atoms with van der Waals surface area (Å²) < 4.78 is 1.02. The normalized spacial score (nSPS) is 12.0. The molecule has 2 aromatic rings. The fourth-order valence-electron chi connectivity index (χ4n) is 1.63. The van der Waals surface area contributed by atoms with Crippen LogP contribution in [-0.4, -0.2) is 10.8 Å². The molecule has 0 spiro atoms. The second-order valence-corrected chi connectivity index (χ2v) is 5.91. The van der Waals surface area contributed by atoms with Gasteiger partial charge in [0.2, 0.25) is 0 Å². The van der Waals surface area contributed by atoms with Gasteiger partial charge in [-0.25, -0.2) is 0 Å². The van der Waals surface area contributed by atoms with Gasteiger partial charge in [0, 0.05) is 20.8 Å². The molecule has 0 unspecified atom stereocenters. The van der Waals surface area contributed by atoms with Gasteiger partial charge in [-0.3, -0.25) is 4.79 Å². The van der Waals surface area contributed by atoms with Gasteiger partial charge in [-0.05, 0) is 24.3 Å². The van der Waals surface area contributed by atoms with Crippen molar-refractivity contribution in [3.05, 3.63) is 34.4 Å². The first-order chi connectivity index (χ1) is 7.38. The van der Waals surface area contributed by atoms with E-state index in [1.165, 1.54) is 0 Å². The fraction of sp³-hybridized carbons (Fsp3) is 0.308. The van der Waals surface area contributed by atoms with E-state index in [0.29, 0.717) is 5.69 Å². The van der Waals surface area contributed by atoms with Crippen molar-refractivity contribution in [1.29, 1.82) is 0 Å². The third kappa shape index (κ3) is 2.05. The molecular formula is C13H14BrNO. The summed E-state index contributed by atoms with van der Waals surface area (Å²) in [5.74, 6) is 0.139. The molecule has 0 aliphatic carbocycles. The van der Waals surface area contributed by atoms with E-state index in [1.54, 1.807) is 0 Å². The summed E-state index contributed by atoms with van der Waals surface area (Å²) in [6.07, 6.45) is 0. The number of benzene rings is 1. The summed E-state index contributed by atoms with van der Waals surface area (Å²) in [5.41, 5.74) is 1.33. The minimum Gasteiger partial charge on any atom is -0.352 e. The average Bonchev–Trinajstić information content (AvgIpc) is 2.57. The molecule has 1 aromatic carbocycles. The van der Waals surface area contributed by atoms with Crippen molar-refractivity contribution in [2.45, 2.75) is 20.8 Å². The molecular weight excluding hydrogens is 266 g/mol. The smallest absolute Gasteiger partial charge is 0.184 e. The Balaban J connectivity index is 2.52. The SMILES string of the molecule is CC(C)(C)C(=O)c1cc2cc(Br)ccc2[nH]1. The maximum atomic E-state index is 12.1. The monoisotopic (exact) mass is 279 g/mol. The van der Waals surface area contributed by atoms with Crippen LogP contribution >= 0.6 is 15.9 Å². The van der Waals surface area contributed by atoms with E-state index in [9.17, 15) is 4.79 Å². The Morgan fingerprint density at radius 1 is 1.25 bits per heavy atom. The van der Waals surface area contributed by atoms with Crippen LogP contribution in [0.1, 0.15) is 31.3 Å². The van der Waals surface area contributed by atoms with Gasteiger partial charge < -0.3 is 4.98 Å². The number of hydrogen-bond donors (Lipinski definition) is 1. The van der Waals surface area contributed by atoms with E-state index >= 15 is 0 Å². The van der Waals surface area contributed by atoms with Gasteiger partial charge in [0.15, 0.2) is 5.78 Å². The van der Waals surface area contributed by atoms with Crippen LogP contribution in [0.15, 0.2) is 28.7 Å². The summed E-state index contributed by atoms with van der Waals surface area (Å²) in [6.45, 7) is 5.78. The van der Waals surface area contributed by atoms with Gasteiger partial charge in [-0.15, -0.1) is 0 Å². The fourth-order valence-corrected chi connectivity index (χ4v) is 2.01. The van der Waals surface area contributed by atoms with Crippen LogP contribution in [-0.2, 0) is 0 Å². The van der Waals surface area contributed by atoms with Gasteiger partial charge >= 0.3 is 0 Å². The number of Topliss-reactive ketones (excluding diaryl/α,β-unsaturated/α-hetero) is 1. The molecule has 0 radical (unpaired) electrons. The molecule has 0 saturated heterocycles. The average molecular weight is 280 g/mol. The van der Waals surface area contributed by atoms with Crippen LogP contribution in [0.3, 0.4) is 0 Å². The molecule has 1 N–H and O–H groups in total. The lowest BCUT2D eigenvalue weighted by Crippen LogP contribution is -2.20. The number of ketones is 1. The van der Waals surface area contributed by atoms with E-state index in [-0.39, 0.29) is 11.2 Å². The molecule has 1 heterocycles. The lowest BCUT2D eigenvalue weighted by Gasteiger charge is -2.14. The molecule has 0 amide bonds. The lowest BCUT2D eigenvalue weighted by molar-refractivity contribution is 0.0854. The van der Waals surface area contributed by atoms with E-state index in [2.05, 4.69) is 20.9 Å². The maximum absolute atomic E-state index is 12.1. The van der Waals surface area contributed by atoms with Crippen LogP contribution in [0.25, 0.3) is 10.9 Å². The number of rotatable bonds is 1. The number of aromatic nitrogens is 1. The third-order valence-electron chi connectivity index (χ3n) is 2.51. The highest BCUT2D eigenvalue weighted by Gasteiger charge is 2.24. The van der Waals surface area contributed by atoms with Crippen molar-refractivity contribution in [3.8, 4) is 0 Å². The number of carbonyl (C=O) groups excluding carboxylic acids is 1. The summed E-state index contributed by atoms with van der Waals surface area (Å²) >= 11 is 3.42. The molecule has 2 nitrogen and oxygen atoms in total. The Morgan fingerprint density at radius 2 is 1.94 bits per heavy atom. The number of H-pyrrole nitrogens is 1. The minimum atomic E-state index is -0.349. The zero-order chi connectivity index (χ0) is 11.9. The molecule has 0 bridgehead atoms. The summed E-state index contributed by atoms with van der Waals surface area (Å²) in [7, 11) is 0.